The summed E-state index contributed by atoms with van der Waals surface area (Å²) in [6.45, 7) is 0. The fourth-order valence-corrected chi connectivity index (χ4v) is 2.24. The maximum atomic E-state index is 2.21. The summed E-state index contributed by atoms with van der Waals surface area (Å²) in [6, 6.07) is 10.5. The molecule has 0 bridgehead atoms. The van der Waals surface area contributed by atoms with E-state index in [1.165, 1.54) is 4.90 Å². The highest BCUT2D eigenvalue weighted by atomic mass is 32.2. The molecule has 0 spiro atoms. The third kappa shape index (κ3) is 2.64. The van der Waals surface area contributed by atoms with E-state index in [9.17, 15) is 0 Å². The van der Waals surface area contributed by atoms with Gasteiger partial charge in [0.05, 0.1) is 0 Å². The van der Waals surface area contributed by atoms with Crippen molar-refractivity contribution in [2.24, 2.45) is 0 Å². The first-order valence-corrected chi connectivity index (χ1v) is 5.56. The van der Waals surface area contributed by atoms with Crippen LogP contribution in [-0.4, -0.2) is 5.25 Å². The van der Waals surface area contributed by atoms with Gasteiger partial charge in [0.1, 0.15) is 0 Å². The monoisotopic (exact) mass is 200 g/mol. The Bertz CT molecular complexity index is 344. The molecule has 0 aromatic heterocycles. The van der Waals surface area contributed by atoms with Gasteiger partial charge in [-0.1, -0.05) is 54.7 Å². The van der Waals surface area contributed by atoms with Crippen molar-refractivity contribution in [2.45, 2.75) is 10.1 Å². The summed E-state index contributed by atoms with van der Waals surface area (Å²) < 4.78 is 0. The van der Waals surface area contributed by atoms with Crippen molar-refractivity contribution in [1.82, 2.24) is 0 Å². The Morgan fingerprint density at radius 3 is 2.07 bits per heavy atom. The van der Waals surface area contributed by atoms with Crippen molar-refractivity contribution < 1.29 is 0 Å². The summed E-state index contributed by atoms with van der Waals surface area (Å²) in [5.74, 6) is 0. The van der Waals surface area contributed by atoms with Crippen molar-refractivity contribution >= 4 is 11.8 Å². The highest BCUT2D eigenvalue weighted by molar-refractivity contribution is 8.00. The largest absolute Gasteiger partial charge is 0.114 e. The van der Waals surface area contributed by atoms with E-state index < -0.39 is 0 Å². The van der Waals surface area contributed by atoms with Crippen molar-refractivity contribution in [1.29, 1.82) is 0 Å². The normalized spacial score (nSPS) is 15.7. The molecular formula is C13H12S. The summed E-state index contributed by atoms with van der Waals surface area (Å²) in [7, 11) is 0. The SMILES string of the molecule is C1=CC=CC(Sc2ccccc2)C=C1. The molecule has 0 fully saturated rings. The van der Waals surface area contributed by atoms with Crippen LogP contribution in [0.5, 0.6) is 0 Å². The number of rotatable bonds is 2. The molecule has 0 heterocycles. The van der Waals surface area contributed by atoms with Crippen LogP contribution in [0.3, 0.4) is 0 Å². The lowest BCUT2D eigenvalue weighted by molar-refractivity contribution is 1.38. The molecular weight excluding hydrogens is 188 g/mol. The Morgan fingerprint density at radius 1 is 0.786 bits per heavy atom. The van der Waals surface area contributed by atoms with Crippen LogP contribution in [0, 0.1) is 0 Å². The number of hydrogen-bond donors (Lipinski definition) is 0. The lowest BCUT2D eigenvalue weighted by Gasteiger charge is -2.06. The molecule has 1 aromatic rings. The maximum Gasteiger partial charge on any atom is 0.0461 e. The predicted molar refractivity (Wildman–Crippen MR) is 63.5 cm³/mol. The Balaban J connectivity index is 2.05. The Morgan fingerprint density at radius 2 is 1.43 bits per heavy atom. The Labute approximate surface area is 89.0 Å². The van der Waals surface area contributed by atoms with Gasteiger partial charge in [-0.15, -0.1) is 11.8 Å². The first kappa shape index (κ1) is 9.35. The van der Waals surface area contributed by atoms with Crippen molar-refractivity contribution in [3.63, 3.8) is 0 Å². The molecule has 1 aliphatic rings. The van der Waals surface area contributed by atoms with Gasteiger partial charge in [0.15, 0.2) is 0 Å². The summed E-state index contributed by atoms with van der Waals surface area (Å²) in [5.41, 5.74) is 0. The third-order valence-corrected chi connectivity index (χ3v) is 3.08. The zero-order valence-electron chi connectivity index (χ0n) is 7.84. The fourth-order valence-electron chi connectivity index (χ4n) is 1.27. The molecule has 0 aliphatic heterocycles. The van der Waals surface area contributed by atoms with Gasteiger partial charge < -0.3 is 0 Å². The zero-order chi connectivity index (χ0) is 9.64. The predicted octanol–water partition coefficient (Wildman–Crippen LogP) is 3.83. The molecule has 0 radical (unpaired) electrons. The van der Waals surface area contributed by atoms with E-state index >= 15 is 0 Å². The van der Waals surface area contributed by atoms with Gasteiger partial charge in [0.2, 0.25) is 0 Å². The fraction of sp³-hybridized carbons (Fsp3) is 0.0769. The van der Waals surface area contributed by atoms with Gasteiger partial charge in [-0.3, -0.25) is 0 Å². The Hall–Kier alpha value is -1.21. The quantitative estimate of drug-likeness (QED) is 0.699. The van der Waals surface area contributed by atoms with Gasteiger partial charge in [-0.05, 0) is 12.1 Å². The van der Waals surface area contributed by atoms with Gasteiger partial charge in [0, 0.05) is 10.1 Å². The number of thioether (sulfide) groups is 1. The second-order valence-electron chi connectivity index (χ2n) is 3.05. The van der Waals surface area contributed by atoms with Crippen LogP contribution >= 0.6 is 11.8 Å². The van der Waals surface area contributed by atoms with E-state index in [0.29, 0.717) is 5.25 Å². The minimum atomic E-state index is 0.451. The summed E-state index contributed by atoms with van der Waals surface area (Å²) in [4.78, 5) is 1.31. The molecule has 0 nitrogen and oxygen atoms in total. The minimum Gasteiger partial charge on any atom is -0.114 e. The summed E-state index contributed by atoms with van der Waals surface area (Å²) >= 11 is 1.86. The molecule has 2 rings (SSSR count). The van der Waals surface area contributed by atoms with Crippen LogP contribution in [0.1, 0.15) is 0 Å². The lowest BCUT2D eigenvalue weighted by Crippen LogP contribution is -1.90. The van der Waals surface area contributed by atoms with E-state index in [1.807, 2.05) is 17.8 Å². The van der Waals surface area contributed by atoms with Crippen LogP contribution in [-0.2, 0) is 0 Å². The number of benzene rings is 1. The first-order valence-electron chi connectivity index (χ1n) is 4.68. The van der Waals surface area contributed by atoms with Crippen LogP contribution < -0.4 is 0 Å². The molecule has 0 atom stereocenters. The molecule has 14 heavy (non-hydrogen) atoms. The summed E-state index contributed by atoms with van der Waals surface area (Å²) in [5, 5.41) is 0.451. The molecule has 1 aromatic carbocycles. The van der Waals surface area contributed by atoms with Gasteiger partial charge in [-0.25, -0.2) is 0 Å². The van der Waals surface area contributed by atoms with Crippen LogP contribution in [0.25, 0.3) is 0 Å². The Kier molecular flexibility index (Phi) is 3.25. The zero-order valence-corrected chi connectivity index (χ0v) is 8.65. The van der Waals surface area contributed by atoms with E-state index in [4.69, 9.17) is 0 Å². The standard InChI is InChI=1S/C13H12S/c1-2-5-9-12(8-4-1)14-13-10-6-3-7-11-13/h1-12H. The molecule has 0 saturated heterocycles. The van der Waals surface area contributed by atoms with E-state index in [-0.39, 0.29) is 0 Å². The average Bonchev–Trinajstić information content (AvgIpc) is 2.48. The number of allylic oxidation sites excluding steroid dienone is 4. The highest BCUT2D eigenvalue weighted by Gasteiger charge is 2.02. The van der Waals surface area contributed by atoms with Crippen LogP contribution in [0.15, 0.2) is 71.7 Å². The molecule has 1 aliphatic carbocycles. The van der Waals surface area contributed by atoms with Gasteiger partial charge in [-0.2, -0.15) is 0 Å². The number of hydrogen-bond acceptors (Lipinski definition) is 1. The lowest BCUT2D eigenvalue weighted by atomic mass is 10.4. The maximum absolute atomic E-state index is 2.21. The second kappa shape index (κ2) is 4.87. The molecule has 0 N–H and O–H groups in total. The smallest absolute Gasteiger partial charge is 0.0461 e. The van der Waals surface area contributed by atoms with E-state index in [0.717, 1.165) is 0 Å². The molecule has 0 unspecified atom stereocenters. The third-order valence-electron chi connectivity index (χ3n) is 1.95. The van der Waals surface area contributed by atoms with Crippen molar-refractivity contribution in [2.75, 3.05) is 0 Å². The van der Waals surface area contributed by atoms with Crippen molar-refractivity contribution in [3.05, 3.63) is 66.8 Å². The van der Waals surface area contributed by atoms with E-state index in [1.54, 1.807) is 0 Å². The summed E-state index contributed by atoms with van der Waals surface area (Å²) in [6.07, 6.45) is 12.7. The molecule has 1 heteroatoms. The topological polar surface area (TPSA) is 0 Å². The molecule has 0 amide bonds. The first-order chi connectivity index (χ1) is 6.95. The van der Waals surface area contributed by atoms with Crippen molar-refractivity contribution in [3.8, 4) is 0 Å². The minimum absolute atomic E-state index is 0.451. The molecule has 70 valence electrons. The van der Waals surface area contributed by atoms with Gasteiger partial charge in [0.25, 0.3) is 0 Å². The average molecular weight is 200 g/mol. The van der Waals surface area contributed by atoms with Crippen LogP contribution in [0.2, 0.25) is 0 Å². The van der Waals surface area contributed by atoms with Crippen LogP contribution in [0.4, 0.5) is 0 Å². The highest BCUT2D eigenvalue weighted by Crippen LogP contribution is 2.25. The molecule has 0 saturated carbocycles. The second-order valence-corrected chi connectivity index (χ2v) is 4.30. The van der Waals surface area contributed by atoms with Gasteiger partial charge >= 0.3 is 0 Å². The van der Waals surface area contributed by atoms with E-state index in [2.05, 4.69) is 60.7 Å².